The molecule has 2 rings (SSSR count). The van der Waals surface area contributed by atoms with Gasteiger partial charge >= 0.3 is 0 Å². The molecule has 0 aromatic heterocycles. The molecule has 0 heterocycles. The van der Waals surface area contributed by atoms with Gasteiger partial charge in [0.25, 0.3) is 0 Å². The first-order valence-corrected chi connectivity index (χ1v) is 7.31. The second kappa shape index (κ2) is 6.28. The fraction of sp³-hybridized carbons (Fsp3) is 0.0714. The number of benzene rings is 2. The predicted octanol–water partition coefficient (Wildman–Crippen LogP) is 4.41. The third kappa shape index (κ3) is 3.32. The quantitative estimate of drug-likeness (QED) is 0.347. The summed E-state index contributed by atoms with van der Waals surface area (Å²) < 4.78 is 7.68. The Hall–Kier alpha value is -1.53. The summed E-state index contributed by atoms with van der Waals surface area (Å²) in [6.07, 6.45) is 0. The van der Waals surface area contributed by atoms with Gasteiger partial charge in [-0.1, -0.05) is 37.0 Å². The Kier molecular flexibility index (Phi) is 4.67. The molecule has 4 nitrogen and oxygen atoms in total. The van der Waals surface area contributed by atoms with Gasteiger partial charge in [0.1, 0.15) is 11.5 Å². The largest absolute Gasteiger partial charge is 0.457 e. The molecule has 2 aromatic carbocycles. The molecule has 0 radical (unpaired) electrons. The first kappa shape index (κ1) is 14.9. The zero-order chi connectivity index (χ0) is 14.7. The Balaban J connectivity index is 2.41. The maximum absolute atomic E-state index is 8.82. The van der Waals surface area contributed by atoms with E-state index in [1.807, 2.05) is 25.1 Å². The van der Waals surface area contributed by atoms with Gasteiger partial charge in [-0.05, 0) is 48.9 Å². The number of ether oxygens (including phenoxy) is 1. The molecule has 6 heteroatoms. The van der Waals surface area contributed by atoms with Crippen molar-refractivity contribution < 1.29 is 9.94 Å². The van der Waals surface area contributed by atoms with E-state index >= 15 is 0 Å². The van der Waals surface area contributed by atoms with Crippen LogP contribution in [0.3, 0.4) is 0 Å². The fourth-order valence-corrected chi connectivity index (χ4v) is 2.24. The molecule has 0 aliphatic carbocycles. The van der Waals surface area contributed by atoms with Crippen LogP contribution in [0, 0.1) is 6.92 Å². The summed E-state index contributed by atoms with van der Waals surface area (Å²) in [5.41, 5.74) is 7.23. The van der Waals surface area contributed by atoms with Crippen molar-refractivity contribution in [3.63, 3.8) is 0 Å². The van der Waals surface area contributed by atoms with Crippen LogP contribution in [-0.4, -0.2) is 11.0 Å². The van der Waals surface area contributed by atoms with Gasteiger partial charge in [0.15, 0.2) is 5.84 Å². The normalized spacial score (nSPS) is 11.4. The monoisotopic (exact) mass is 398 g/mol. The second-order valence-corrected chi connectivity index (χ2v) is 5.91. The first-order chi connectivity index (χ1) is 9.51. The van der Waals surface area contributed by atoms with E-state index in [1.165, 1.54) is 0 Å². The van der Waals surface area contributed by atoms with Crippen molar-refractivity contribution in [2.24, 2.45) is 10.9 Å². The third-order valence-corrected chi connectivity index (χ3v) is 4.07. The highest BCUT2D eigenvalue weighted by Gasteiger charge is 2.10. The highest BCUT2D eigenvalue weighted by atomic mass is 79.9. The molecule has 104 valence electrons. The van der Waals surface area contributed by atoms with E-state index in [2.05, 4.69) is 37.0 Å². The molecule has 0 amide bonds. The molecular formula is C14H12Br2N2O2. The Bertz CT molecular complexity index is 672. The van der Waals surface area contributed by atoms with Crippen LogP contribution in [0.2, 0.25) is 0 Å². The lowest BCUT2D eigenvalue weighted by Gasteiger charge is -2.11. The molecule has 0 spiro atoms. The van der Waals surface area contributed by atoms with E-state index in [-0.39, 0.29) is 5.84 Å². The van der Waals surface area contributed by atoms with E-state index < -0.39 is 0 Å². The number of hydrogen-bond donors (Lipinski definition) is 2. The predicted molar refractivity (Wildman–Crippen MR) is 85.6 cm³/mol. The van der Waals surface area contributed by atoms with Crippen LogP contribution in [0.15, 0.2) is 50.5 Å². The maximum atomic E-state index is 8.82. The van der Waals surface area contributed by atoms with Gasteiger partial charge in [-0.2, -0.15) is 0 Å². The van der Waals surface area contributed by atoms with Gasteiger partial charge in [0, 0.05) is 8.95 Å². The number of nitrogens with zero attached hydrogens (tertiary/aromatic N) is 1. The molecule has 0 aliphatic heterocycles. The summed E-state index contributed by atoms with van der Waals surface area (Å²) >= 11 is 6.82. The minimum atomic E-state index is 0.00123. The number of aryl methyl sites for hydroxylation is 1. The van der Waals surface area contributed by atoms with Crippen molar-refractivity contribution in [1.82, 2.24) is 0 Å². The number of halogens is 2. The number of oxime groups is 1. The van der Waals surface area contributed by atoms with Crippen molar-refractivity contribution in [1.29, 1.82) is 0 Å². The number of hydrogen-bond acceptors (Lipinski definition) is 3. The van der Waals surface area contributed by atoms with Gasteiger partial charge in [-0.25, -0.2) is 0 Å². The minimum absolute atomic E-state index is 0.00123. The van der Waals surface area contributed by atoms with Crippen LogP contribution in [-0.2, 0) is 0 Å². The maximum Gasteiger partial charge on any atom is 0.173 e. The standard InChI is InChI=1S/C14H12Br2N2O2/c1-8-6-10(3-5-12(8)16)20-13-7-9(15)2-4-11(13)14(17)18-19/h2-7,19H,1H3,(H2,17,18). The molecule has 0 fully saturated rings. The van der Waals surface area contributed by atoms with Crippen LogP contribution >= 0.6 is 31.9 Å². The summed E-state index contributed by atoms with van der Waals surface area (Å²) in [5, 5.41) is 11.8. The van der Waals surface area contributed by atoms with Crippen molar-refractivity contribution in [3.8, 4) is 11.5 Å². The molecule has 3 N–H and O–H groups in total. The van der Waals surface area contributed by atoms with Crippen LogP contribution in [0.1, 0.15) is 11.1 Å². The SMILES string of the molecule is Cc1cc(Oc2cc(Br)ccc2/C(N)=N/O)ccc1Br. The lowest BCUT2D eigenvalue weighted by atomic mass is 10.2. The summed E-state index contributed by atoms with van der Waals surface area (Å²) in [4.78, 5) is 0. The smallest absolute Gasteiger partial charge is 0.173 e. The molecule has 0 bridgehead atoms. The Morgan fingerprint density at radius 1 is 1.20 bits per heavy atom. The lowest BCUT2D eigenvalue weighted by Crippen LogP contribution is -2.14. The Labute approximate surface area is 133 Å². The topological polar surface area (TPSA) is 67.8 Å². The van der Waals surface area contributed by atoms with E-state index in [1.54, 1.807) is 18.2 Å². The number of amidine groups is 1. The van der Waals surface area contributed by atoms with Crippen LogP contribution in [0.5, 0.6) is 11.5 Å². The molecule has 0 aliphatic rings. The molecule has 2 aromatic rings. The summed E-state index contributed by atoms with van der Waals surface area (Å²) in [7, 11) is 0. The van der Waals surface area contributed by atoms with Crippen molar-refractivity contribution in [2.45, 2.75) is 6.92 Å². The van der Waals surface area contributed by atoms with Gasteiger partial charge in [-0.15, -0.1) is 0 Å². The van der Waals surface area contributed by atoms with Gasteiger partial charge in [0.2, 0.25) is 0 Å². The fourth-order valence-electron chi connectivity index (χ4n) is 1.65. The molecule has 20 heavy (non-hydrogen) atoms. The van der Waals surface area contributed by atoms with Gasteiger partial charge < -0.3 is 15.7 Å². The van der Waals surface area contributed by atoms with Gasteiger partial charge in [0.05, 0.1) is 5.56 Å². The number of rotatable bonds is 3. The Morgan fingerprint density at radius 2 is 1.95 bits per heavy atom. The van der Waals surface area contributed by atoms with Crippen molar-refractivity contribution in [2.75, 3.05) is 0 Å². The highest BCUT2D eigenvalue weighted by molar-refractivity contribution is 9.10. The molecular weight excluding hydrogens is 388 g/mol. The molecule has 0 saturated heterocycles. The molecule has 0 saturated carbocycles. The van der Waals surface area contributed by atoms with Crippen molar-refractivity contribution >= 4 is 37.7 Å². The lowest BCUT2D eigenvalue weighted by molar-refractivity contribution is 0.318. The highest BCUT2D eigenvalue weighted by Crippen LogP contribution is 2.30. The minimum Gasteiger partial charge on any atom is -0.457 e. The number of nitrogens with two attached hydrogens (primary N) is 1. The van der Waals surface area contributed by atoms with E-state index in [9.17, 15) is 0 Å². The van der Waals surface area contributed by atoms with Gasteiger partial charge in [-0.3, -0.25) is 0 Å². The Morgan fingerprint density at radius 3 is 2.60 bits per heavy atom. The van der Waals surface area contributed by atoms with Crippen LogP contribution in [0.25, 0.3) is 0 Å². The molecule has 0 unspecified atom stereocenters. The summed E-state index contributed by atoms with van der Waals surface area (Å²) in [6.45, 7) is 1.97. The second-order valence-electron chi connectivity index (χ2n) is 4.14. The average Bonchev–Trinajstić information content (AvgIpc) is 2.42. The van der Waals surface area contributed by atoms with E-state index in [0.29, 0.717) is 17.1 Å². The zero-order valence-corrected chi connectivity index (χ0v) is 13.8. The zero-order valence-electron chi connectivity index (χ0n) is 10.6. The van der Waals surface area contributed by atoms with E-state index in [0.717, 1.165) is 14.5 Å². The average molecular weight is 400 g/mol. The first-order valence-electron chi connectivity index (χ1n) is 5.72. The summed E-state index contributed by atoms with van der Waals surface area (Å²) in [6, 6.07) is 10.9. The third-order valence-electron chi connectivity index (χ3n) is 2.68. The van der Waals surface area contributed by atoms with Crippen molar-refractivity contribution in [3.05, 3.63) is 56.5 Å². The summed E-state index contributed by atoms with van der Waals surface area (Å²) in [5.74, 6) is 1.19. The van der Waals surface area contributed by atoms with Crippen LogP contribution < -0.4 is 10.5 Å². The van der Waals surface area contributed by atoms with Crippen LogP contribution in [0.4, 0.5) is 0 Å². The molecule has 0 atom stereocenters. The van der Waals surface area contributed by atoms with E-state index in [4.69, 9.17) is 15.7 Å².